The van der Waals surface area contributed by atoms with E-state index >= 15 is 0 Å². The molecule has 0 amide bonds. The fourth-order valence-corrected chi connectivity index (χ4v) is 1.62. The van der Waals surface area contributed by atoms with Gasteiger partial charge in [0, 0.05) is 6.54 Å². The van der Waals surface area contributed by atoms with Crippen LogP contribution in [0.25, 0.3) is 0 Å². The van der Waals surface area contributed by atoms with Crippen molar-refractivity contribution < 1.29 is 0 Å². The van der Waals surface area contributed by atoms with Crippen molar-refractivity contribution in [3.63, 3.8) is 0 Å². The average Bonchev–Trinajstić information content (AvgIpc) is 2.07. The molecule has 0 heterocycles. The molecule has 54 valence electrons. The van der Waals surface area contributed by atoms with Gasteiger partial charge in [0.1, 0.15) is 0 Å². The Hall–Kier alpha value is -0.0400. The molecule has 9 heavy (non-hydrogen) atoms. The van der Waals surface area contributed by atoms with Crippen LogP contribution in [0.1, 0.15) is 27.2 Å². The molecule has 0 aromatic heterocycles. The summed E-state index contributed by atoms with van der Waals surface area (Å²) >= 11 is 0. The highest BCUT2D eigenvalue weighted by Crippen LogP contribution is 2.62. The van der Waals surface area contributed by atoms with Crippen LogP contribution in [0.15, 0.2) is 0 Å². The maximum Gasteiger partial charge on any atom is 0.000748 e. The molecule has 1 saturated carbocycles. The highest BCUT2D eigenvalue weighted by atomic mass is 14.9. The van der Waals surface area contributed by atoms with Crippen LogP contribution < -0.4 is 5.32 Å². The van der Waals surface area contributed by atoms with Gasteiger partial charge in [-0.2, -0.15) is 0 Å². The van der Waals surface area contributed by atoms with E-state index in [1.54, 1.807) is 0 Å². The summed E-state index contributed by atoms with van der Waals surface area (Å²) in [7, 11) is 2.03. The third kappa shape index (κ3) is 0.983. The molecule has 0 bridgehead atoms. The summed E-state index contributed by atoms with van der Waals surface area (Å²) < 4.78 is 0. The third-order valence-electron chi connectivity index (χ3n) is 2.91. The van der Waals surface area contributed by atoms with E-state index in [9.17, 15) is 0 Å². The highest BCUT2D eigenvalue weighted by molar-refractivity contribution is 5.07. The Labute approximate surface area is 57.8 Å². The molecule has 1 aliphatic carbocycles. The van der Waals surface area contributed by atoms with Crippen molar-refractivity contribution in [1.29, 1.82) is 0 Å². The Morgan fingerprint density at radius 1 is 1.33 bits per heavy atom. The highest BCUT2D eigenvalue weighted by Gasteiger charge is 2.56. The normalized spacial score (nSPS) is 38.7. The summed E-state index contributed by atoms with van der Waals surface area (Å²) in [6.07, 6.45) is 1.38. The number of nitrogens with one attached hydrogen (secondary N) is 1. The number of hydrogen-bond acceptors (Lipinski definition) is 1. The Balaban J connectivity index is 2.42. The lowest BCUT2D eigenvalue weighted by Crippen LogP contribution is -2.21. The second-order valence-electron chi connectivity index (χ2n) is 4.15. The molecule has 1 unspecified atom stereocenters. The van der Waals surface area contributed by atoms with Crippen LogP contribution >= 0.6 is 0 Å². The minimum absolute atomic E-state index is 0.585. The largest absolute Gasteiger partial charge is 0.319 e. The standard InChI is InChI=1S/C8H17N/c1-7(2)5-8(7,3)6-9-4/h9H,5-6H2,1-4H3. The van der Waals surface area contributed by atoms with Crippen molar-refractivity contribution in [3.8, 4) is 0 Å². The maximum atomic E-state index is 3.23. The molecule has 0 radical (unpaired) electrons. The molecule has 1 aliphatic rings. The molecular weight excluding hydrogens is 110 g/mol. The fourth-order valence-electron chi connectivity index (χ4n) is 1.62. The van der Waals surface area contributed by atoms with Crippen LogP contribution in [0.3, 0.4) is 0 Å². The summed E-state index contributed by atoms with van der Waals surface area (Å²) in [6, 6.07) is 0. The van der Waals surface area contributed by atoms with Gasteiger partial charge in [-0.05, 0) is 24.3 Å². The van der Waals surface area contributed by atoms with Gasteiger partial charge in [0.25, 0.3) is 0 Å². The first-order valence-electron chi connectivity index (χ1n) is 3.66. The summed E-state index contributed by atoms with van der Waals surface area (Å²) in [5.41, 5.74) is 1.18. The monoisotopic (exact) mass is 127 g/mol. The molecule has 1 N–H and O–H groups in total. The molecule has 1 atom stereocenters. The van der Waals surface area contributed by atoms with Crippen molar-refractivity contribution in [2.24, 2.45) is 10.8 Å². The Bertz CT molecular complexity index is 118. The smallest absolute Gasteiger partial charge is 0.000748 e. The summed E-state index contributed by atoms with van der Waals surface area (Å²) in [5, 5.41) is 3.23. The van der Waals surface area contributed by atoms with Crippen molar-refractivity contribution in [1.82, 2.24) is 5.32 Å². The molecule has 0 saturated heterocycles. The van der Waals surface area contributed by atoms with E-state index in [4.69, 9.17) is 0 Å². The van der Waals surface area contributed by atoms with Crippen LogP contribution in [-0.4, -0.2) is 13.6 Å². The van der Waals surface area contributed by atoms with Crippen LogP contribution in [-0.2, 0) is 0 Å². The lowest BCUT2D eigenvalue weighted by molar-refractivity contribution is 0.404. The Morgan fingerprint density at radius 3 is 1.89 bits per heavy atom. The van der Waals surface area contributed by atoms with Gasteiger partial charge in [0.05, 0.1) is 0 Å². The first-order chi connectivity index (χ1) is 4.02. The van der Waals surface area contributed by atoms with Crippen molar-refractivity contribution in [2.75, 3.05) is 13.6 Å². The predicted molar refractivity (Wildman–Crippen MR) is 40.4 cm³/mol. The van der Waals surface area contributed by atoms with Gasteiger partial charge in [-0.25, -0.2) is 0 Å². The number of rotatable bonds is 2. The topological polar surface area (TPSA) is 12.0 Å². The fraction of sp³-hybridized carbons (Fsp3) is 1.00. The third-order valence-corrected chi connectivity index (χ3v) is 2.91. The quantitative estimate of drug-likeness (QED) is 0.594. The Morgan fingerprint density at radius 2 is 1.78 bits per heavy atom. The molecule has 1 rings (SSSR count). The van der Waals surface area contributed by atoms with Gasteiger partial charge < -0.3 is 5.32 Å². The molecule has 1 fully saturated rings. The van der Waals surface area contributed by atoms with Gasteiger partial charge in [0.15, 0.2) is 0 Å². The minimum atomic E-state index is 0.585. The summed E-state index contributed by atoms with van der Waals surface area (Å²) in [5.74, 6) is 0. The van der Waals surface area contributed by atoms with E-state index in [0.29, 0.717) is 10.8 Å². The van der Waals surface area contributed by atoms with E-state index in [2.05, 4.69) is 26.1 Å². The van der Waals surface area contributed by atoms with E-state index in [1.807, 2.05) is 7.05 Å². The van der Waals surface area contributed by atoms with E-state index in [-0.39, 0.29) is 0 Å². The first kappa shape index (κ1) is 7.07. The lowest BCUT2D eigenvalue weighted by atomic mass is 9.98. The molecule has 0 aromatic carbocycles. The number of hydrogen-bond donors (Lipinski definition) is 1. The summed E-state index contributed by atoms with van der Waals surface area (Å²) in [6.45, 7) is 8.19. The zero-order valence-electron chi connectivity index (χ0n) is 6.91. The van der Waals surface area contributed by atoms with Gasteiger partial charge >= 0.3 is 0 Å². The molecule has 1 nitrogen and oxygen atoms in total. The zero-order valence-corrected chi connectivity index (χ0v) is 6.91. The molecule has 0 aliphatic heterocycles. The van der Waals surface area contributed by atoms with E-state index in [0.717, 1.165) is 0 Å². The van der Waals surface area contributed by atoms with Crippen LogP contribution in [0.2, 0.25) is 0 Å². The van der Waals surface area contributed by atoms with Crippen LogP contribution in [0.4, 0.5) is 0 Å². The van der Waals surface area contributed by atoms with Gasteiger partial charge in [0.2, 0.25) is 0 Å². The molecule has 0 aromatic rings. The SMILES string of the molecule is CNCC1(C)CC1(C)C. The van der Waals surface area contributed by atoms with Crippen molar-refractivity contribution in [3.05, 3.63) is 0 Å². The second-order valence-corrected chi connectivity index (χ2v) is 4.15. The second kappa shape index (κ2) is 1.72. The first-order valence-corrected chi connectivity index (χ1v) is 3.66. The molecule has 0 spiro atoms. The van der Waals surface area contributed by atoms with Crippen LogP contribution in [0, 0.1) is 10.8 Å². The minimum Gasteiger partial charge on any atom is -0.319 e. The van der Waals surface area contributed by atoms with E-state index in [1.165, 1.54) is 13.0 Å². The zero-order chi connectivity index (χ0) is 7.12. The maximum absolute atomic E-state index is 3.23. The molecular formula is C8H17N. The van der Waals surface area contributed by atoms with E-state index < -0.39 is 0 Å². The Kier molecular flexibility index (Phi) is 1.35. The predicted octanol–water partition coefficient (Wildman–Crippen LogP) is 1.64. The van der Waals surface area contributed by atoms with Crippen molar-refractivity contribution in [2.45, 2.75) is 27.2 Å². The summed E-state index contributed by atoms with van der Waals surface area (Å²) in [4.78, 5) is 0. The van der Waals surface area contributed by atoms with Gasteiger partial charge in [-0.15, -0.1) is 0 Å². The van der Waals surface area contributed by atoms with Gasteiger partial charge in [-0.3, -0.25) is 0 Å². The van der Waals surface area contributed by atoms with Crippen LogP contribution in [0.5, 0.6) is 0 Å². The van der Waals surface area contributed by atoms with Crippen molar-refractivity contribution >= 4 is 0 Å². The average molecular weight is 127 g/mol. The van der Waals surface area contributed by atoms with Gasteiger partial charge in [-0.1, -0.05) is 20.8 Å². The lowest BCUT2D eigenvalue weighted by Gasteiger charge is -2.12. The molecule has 1 heteroatoms.